The lowest BCUT2D eigenvalue weighted by Gasteiger charge is -2.21. The third-order valence-corrected chi connectivity index (χ3v) is 4.36. The zero-order valence-electron chi connectivity index (χ0n) is 17.0. The lowest BCUT2D eigenvalue weighted by molar-refractivity contribution is -0.128. The molecule has 0 aromatic heterocycles. The van der Waals surface area contributed by atoms with Gasteiger partial charge < -0.3 is 14.8 Å². The molecule has 1 atom stereocenters. The van der Waals surface area contributed by atoms with Crippen molar-refractivity contribution in [2.24, 2.45) is 0 Å². The molecule has 2 aromatic carbocycles. The van der Waals surface area contributed by atoms with E-state index < -0.39 is 6.10 Å². The lowest BCUT2D eigenvalue weighted by atomic mass is 9.87. The van der Waals surface area contributed by atoms with Crippen LogP contribution in [0.15, 0.2) is 48.5 Å². The lowest BCUT2D eigenvalue weighted by Crippen LogP contribution is -2.37. The van der Waals surface area contributed by atoms with Gasteiger partial charge in [0.2, 0.25) is 0 Å². The van der Waals surface area contributed by atoms with Crippen LogP contribution in [-0.2, 0) is 16.8 Å². The van der Waals surface area contributed by atoms with Crippen LogP contribution in [0.25, 0.3) is 0 Å². The van der Waals surface area contributed by atoms with Gasteiger partial charge in [-0.25, -0.2) is 0 Å². The number of hydrogen-bond donors (Lipinski definition) is 1. The molecule has 0 radical (unpaired) electrons. The molecule has 27 heavy (non-hydrogen) atoms. The summed E-state index contributed by atoms with van der Waals surface area (Å²) in [6.45, 7) is 11.5. The first-order valence-corrected chi connectivity index (χ1v) is 9.60. The summed E-state index contributed by atoms with van der Waals surface area (Å²) >= 11 is 0. The van der Waals surface area contributed by atoms with Crippen LogP contribution in [0.1, 0.15) is 52.2 Å². The van der Waals surface area contributed by atoms with Crippen LogP contribution in [0.4, 0.5) is 0 Å². The third-order valence-electron chi connectivity index (χ3n) is 4.36. The summed E-state index contributed by atoms with van der Waals surface area (Å²) in [5.41, 5.74) is 2.36. The van der Waals surface area contributed by atoms with Crippen molar-refractivity contribution in [3.8, 4) is 11.5 Å². The van der Waals surface area contributed by atoms with Crippen molar-refractivity contribution in [1.82, 2.24) is 5.32 Å². The Morgan fingerprint density at radius 1 is 0.963 bits per heavy atom. The molecule has 0 unspecified atom stereocenters. The predicted molar refractivity (Wildman–Crippen MR) is 109 cm³/mol. The number of nitrogens with one attached hydrogen (secondary N) is 1. The third kappa shape index (κ3) is 6.31. The quantitative estimate of drug-likeness (QED) is 0.723. The van der Waals surface area contributed by atoms with Crippen molar-refractivity contribution in [3.63, 3.8) is 0 Å². The topological polar surface area (TPSA) is 47.6 Å². The molecule has 0 heterocycles. The number of benzene rings is 2. The van der Waals surface area contributed by atoms with E-state index in [1.165, 1.54) is 5.56 Å². The maximum absolute atomic E-state index is 12.5. The number of hydrogen-bond acceptors (Lipinski definition) is 3. The zero-order valence-corrected chi connectivity index (χ0v) is 17.0. The highest BCUT2D eigenvalue weighted by molar-refractivity contribution is 5.81. The van der Waals surface area contributed by atoms with Crippen molar-refractivity contribution in [1.29, 1.82) is 0 Å². The molecule has 4 heteroatoms. The molecule has 4 nitrogen and oxygen atoms in total. The molecule has 2 aromatic rings. The van der Waals surface area contributed by atoms with E-state index in [-0.39, 0.29) is 11.3 Å². The Morgan fingerprint density at radius 2 is 1.56 bits per heavy atom. The molecule has 0 saturated heterocycles. The van der Waals surface area contributed by atoms with Crippen LogP contribution in [0.2, 0.25) is 0 Å². The summed E-state index contributed by atoms with van der Waals surface area (Å²) < 4.78 is 11.3. The Kier molecular flexibility index (Phi) is 7.28. The minimum atomic E-state index is -0.506. The van der Waals surface area contributed by atoms with Gasteiger partial charge in [0.25, 0.3) is 5.91 Å². The molecule has 1 N–H and O–H groups in total. The molecule has 0 spiro atoms. The molecule has 0 fully saturated rings. The Bertz CT molecular complexity index is 715. The van der Waals surface area contributed by atoms with Crippen molar-refractivity contribution < 1.29 is 14.3 Å². The molecular formula is C23H31NO3. The number of carbonyl (C=O) groups excluding carboxylic acids is 1. The highest BCUT2D eigenvalue weighted by Gasteiger charge is 2.19. The van der Waals surface area contributed by atoms with Gasteiger partial charge in [0.15, 0.2) is 6.10 Å². The molecule has 0 aliphatic heterocycles. The summed E-state index contributed by atoms with van der Waals surface area (Å²) in [6, 6.07) is 15.7. The monoisotopic (exact) mass is 369 g/mol. The Labute approximate surface area is 162 Å². The second kappa shape index (κ2) is 9.45. The van der Waals surface area contributed by atoms with E-state index in [2.05, 4.69) is 38.2 Å². The van der Waals surface area contributed by atoms with Crippen LogP contribution >= 0.6 is 0 Å². The molecule has 146 valence electrons. The van der Waals surface area contributed by atoms with E-state index in [0.29, 0.717) is 25.3 Å². The number of carbonyl (C=O) groups is 1. The second-order valence-electron chi connectivity index (χ2n) is 7.58. The van der Waals surface area contributed by atoms with Gasteiger partial charge in [0.05, 0.1) is 6.61 Å². The van der Waals surface area contributed by atoms with Crippen LogP contribution in [0.5, 0.6) is 11.5 Å². The number of amides is 1. The summed E-state index contributed by atoms with van der Waals surface area (Å²) in [7, 11) is 0. The maximum Gasteiger partial charge on any atom is 0.261 e. The van der Waals surface area contributed by atoms with Crippen molar-refractivity contribution in [2.75, 3.05) is 6.61 Å². The molecular weight excluding hydrogens is 338 g/mol. The summed E-state index contributed by atoms with van der Waals surface area (Å²) in [5.74, 6) is 1.44. The molecule has 0 aliphatic rings. The number of ether oxygens (including phenoxy) is 2. The average Bonchev–Trinajstić information content (AvgIpc) is 2.65. The second-order valence-corrected chi connectivity index (χ2v) is 7.58. The fourth-order valence-corrected chi connectivity index (χ4v) is 2.69. The van der Waals surface area contributed by atoms with Gasteiger partial charge in [-0.3, -0.25) is 4.79 Å². The normalized spacial score (nSPS) is 12.3. The van der Waals surface area contributed by atoms with E-state index in [0.717, 1.165) is 11.3 Å². The minimum Gasteiger partial charge on any atom is -0.494 e. The minimum absolute atomic E-state index is 0.0950. The molecule has 0 aliphatic carbocycles. The van der Waals surface area contributed by atoms with Crippen LogP contribution in [0, 0.1) is 0 Å². The van der Waals surface area contributed by atoms with Gasteiger partial charge in [-0.1, -0.05) is 52.0 Å². The van der Waals surface area contributed by atoms with E-state index in [1.807, 2.05) is 50.2 Å². The first-order valence-electron chi connectivity index (χ1n) is 9.60. The van der Waals surface area contributed by atoms with Crippen LogP contribution in [-0.4, -0.2) is 18.6 Å². The van der Waals surface area contributed by atoms with Crippen LogP contribution < -0.4 is 14.8 Å². The smallest absolute Gasteiger partial charge is 0.261 e. The van der Waals surface area contributed by atoms with Gasteiger partial charge in [0.1, 0.15) is 11.5 Å². The van der Waals surface area contributed by atoms with E-state index >= 15 is 0 Å². The average molecular weight is 370 g/mol. The highest BCUT2D eigenvalue weighted by Crippen LogP contribution is 2.25. The SMILES string of the molecule is CCOc1ccc(CNC(=O)[C@H](CC)Oc2ccc(C(C)(C)C)cc2)cc1. The van der Waals surface area contributed by atoms with Crippen molar-refractivity contribution in [3.05, 3.63) is 59.7 Å². The fraction of sp³-hybridized carbons (Fsp3) is 0.435. The van der Waals surface area contributed by atoms with Gasteiger partial charge in [-0.2, -0.15) is 0 Å². The summed E-state index contributed by atoms with van der Waals surface area (Å²) in [4.78, 5) is 12.5. The van der Waals surface area contributed by atoms with E-state index in [1.54, 1.807) is 0 Å². The Hall–Kier alpha value is -2.49. The maximum atomic E-state index is 12.5. The largest absolute Gasteiger partial charge is 0.494 e. The zero-order chi connectivity index (χ0) is 19.9. The molecule has 2 rings (SSSR count). The Balaban J connectivity index is 1.91. The van der Waals surface area contributed by atoms with Gasteiger partial charge >= 0.3 is 0 Å². The first kappa shape index (κ1) is 20.8. The highest BCUT2D eigenvalue weighted by atomic mass is 16.5. The molecule has 1 amide bonds. The van der Waals surface area contributed by atoms with Gasteiger partial charge in [0, 0.05) is 6.54 Å². The Morgan fingerprint density at radius 3 is 2.07 bits per heavy atom. The summed E-state index contributed by atoms with van der Waals surface area (Å²) in [5, 5.41) is 2.95. The van der Waals surface area contributed by atoms with Gasteiger partial charge in [-0.05, 0) is 54.2 Å². The molecule has 0 bridgehead atoms. The first-order chi connectivity index (χ1) is 12.8. The fourth-order valence-electron chi connectivity index (χ4n) is 2.69. The van der Waals surface area contributed by atoms with E-state index in [9.17, 15) is 4.79 Å². The van der Waals surface area contributed by atoms with Gasteiger partial charge in [-0.15, -0.1) is 0 Å². The summed E-state index contributed by atoms with van der Waals surface area (Å²) in [6.07, 6.45) is 0.101. The molecule has 0 saturated carbocycles. The van der Waals surface area contributed by atoms with Crippen molar-refractivity contribution in [2.45, 2.75) is 59.1 Å². The van der Waals surface area contributed by atoms with Crippen molar-refractivity contribution >= 4 is 5.91 Å². The van der Waals surface area contributed by atoms with E-state index in [4.69, 9.17) is 9.47 Å². The number of rotatable bonds is 8. The standard InChI is InChI=1S/C23H31NO3/c1-6-21(27-20-14-10-18(11-15-20)23(3,4)5)22(25)24-16-17-8-12-19(13-9-17)26-7-2/h8-15,21H,6-7,16H2,1-5H3,(H,24,25)/t21-/m0/s1. The van der Waals surface area contributed by atoms with Crippen LogP contribution in [0.3, 0.4) is 0 Å². The predicted octanol–water partition coefficient (Wildman–Crippen LogP) is 4.86.